The minimum Gasteiger partial charge on any atom is -0.314 e. The molecule has 0 saturated carbocycles. The SMILES string of the molecule is CC(c1cnn(C)c1)N(C)CCN1CCNCC1. The first-order valence-corrected chi connectivity index (χ1v) is 6.78. The van der Waals surface area contributed by atoms with Gasteiger partial charge in [-0.1, -0.05) is 0 Å². The maximum absolute atomic E-state index is 4.24. The van der Waals surface area contributed by atoms with Gasteiger partial charge in [0.15, 0.2) is 0 Å². The monoisotopic (exact) mass is 251 g/mol. The maximum Gasteiger partial charge on any atom is 0.0537 e. The Morgan fingerprint density at radius 3 is 2.78 bits per heavy atom. The molecule has 18 heavy (non-hydrogen) atoms. The summed E-state index contributed by atoms with van der Waals surface area (Å²) < 4.78 is 1.87. The Labute approximate surface area is 110 Å². The van der Waals surface area contributed by atoms with Gasteiger partial charge in [-0.2, -0.15) is 5.10 Å². The van der Waals surface area contributed by atoms with Crippen molar-refractivity contribution in [1.29, 1.82) is 0 Å². The molecule has 5 heteroatoms. The zero-order valence-electron chi connectivity index (χ0n) is 11.8. The second-order valence-electron chi connectivity index (χ2n) is 5.20. The van der Waals surface area contributed by atoms with Gasteiger partial charge >= 0.3 is 0 Å². The largest absolute Gasteiger partial charge is 0.314 e. The first-order valence-electron chi connectivity index (χ1n) is 6.78. The van der Waals surface area contributed by atoms with Crippen molar-refractivity contribution in [3.63, 3.8) is 0 Å². The summed E-state index contributed by atoms with van der Waals surface area (Å²) in [6.45, 7) is 9.11. The van der Waals surface area contributed by atoms with Crippen molar-refractivity contribution in [2.24, 2.45) is 7.05 Å². The molecule has 1 N–H and O–H groups in total. The molecule has 5 nitrogen and oxygen atoms in total. The van der Waals surface area contributed by atoms with E-state index in [0.717, 1.165) is 26.2 Å². The van der Waals surface area contributed by atoms with Crippen LogP contribution in [0.4, 0.5) is 0 Å². The van der Waals surface area contributed by atoms with E-state index >= 15 is 0 Å². The van der Waals surface area contributed by atoms with Gasteiger partial charge in [0, 0.05) is 64.1 Å². The van der Waals surface area contributed by atoms with Gasteiger partial charge in [0.25, 0.3) is 0 Å². The topological polar surface area (TPSA) is 36.3 Å². The Bertz CT molecular complexity index is 356. The van der Waals surface area contributed by atoms with Gasteiger partial charge in [0.1, 0.15) is 0 Å². The number of hydrogen-bond donors (Lipinski definition) is 1. The predicted molar refractivity (Wildman–Crippen MR) is 73.6 cm³/mol. The van der Waals surface area contributed by atoms with Crippen LogP contribution in [0.25, 0.3) is 0 Å². The first-order chi connectivity index (χ1) is 8.66. The van der Waals surface area contributed by atoms with E-state index in [1.165, 1.54) is 18.7 Å². The zero-order valence-corrected chi connectivity index (χ0v) is 11.8. The van der Waals surface area contributed by atoms with E-state index in [9.17, 15) is 0 Å². The normalized spacial score (nSPS) is 19.3. The molecule has 1 unspecified atom stereocenters. The predicted octanol–water partition coefficient (Wildman–Crippen LogP) is 0.318. The van der Waals surface area contributed by atoms with Crippen molar-refractivity contribution in [1.82, 2.24) is 24.9 Å². The zero-order chi connectivity index (χ0) is 13.0. The highest BCUT2D eigenvalue weighted by Gasteiger charge is 2.15. The highest BCUT2D eigenvalue weighted by molar-refractivity contribution is 5.09. The quantitative estimate of drug-likeness (QED) is 0.817. The van der Waals surface area contributed by atoms with E-state index in [-0.39, 0.29) is 0 Å². The summed E-state index contributed by atoms with van der Waals surface area (Å²) in [7, 11) is 4.16. The van der Waals surface area contributed by atoms with Crippen LogP contribution in [0.2, 0.25) is 0 Å². The van der Waals surface area contributed by atoms with Gasteiger partial charge in [0.05, 0.1) is 6.20 Å². The molecule has 2 rings (SSSR count). The Hall–Kier alpha value is -0.910. The van der Waals surface area contributed by atoms with E-state index in [1.807, 2.05) is 17.9 Å². The average molecular weight is 251 g/mol. The van der Waals surface area contributed by atoms with Crippen LogP contribution in [-0.2, 0) is 7.05 Å². The molecule has 102 valence electrons. The highest BCUT2D eigenvalue weighted by Crippen LogP contribution is 2.17. The van der Waals surface area contributed by atoms with Gasteiger partial charge in [-0.05, 0) is 14.0 Å². The Morgan fingerprint density at radius 1 is 1.44 bits per heavy atom. The summed E-state index contributed by atoms with van der Waals surface area (Å²) in [5, 5.41) is 7.63. The maximum atomic E-state index is 4.24. The lowest BCUT2D eigenvalue weighted by Gasteiger charge is -2.31. The molecule has 1 aromatic heterocycles. The van der Waals surface area contributed by atoms with Crippen molar-refractivity contribution in [3.05, 3.63) is 18.0 Å². The van der Waals surface area contributed by atoms with Crippen molar-refractivity contribution >= 4 is 0 Å². The molecule has 1 aliphatic heterocycles. The van der Waals surface area contributed by atoms with Gasteiger partial charge < -0.3 is 5.32 Å². The summed E-state index contributed by atoms with van der Waals surface area (Å²) in [6, 6.07) is 0.432. The van der Waals surface area contributed by atoms with Crippen molar-refractivity contribution in [3.8, 4) is 0 Å². The van der Waals surface area contributed by atoms with E-state index < -0.39 is 0 Å². The smallest absolute Gasteiger partial charge is 0.0537 e. The number of nitrogens with one attached hydrogen (secondary N) is 1. The number of aryl methyl sites for hydroxylation is 1. The summed E-state index contributed by atoms with van der Waals surface area (Å²) in [5.74, 6) is 0. The van der Waals surface area contributed by atoms with Gasteiger partial charge in [-0.15, -0.1) is 0 Å². The lowest BCUT2D eigenvalue weighted by molar-refractivity contribution is 0.183. The third-order valence-electron chi connectivity index (χ3n) is 3.85. The second-order valence-corrected chi connectivity index (χ2v) is 5.20. The fourth-order valence-electron chi connectivity index (χ4n) is 2.34. The van der Waals surface area contributed by atoms with E-state index in [4.69, 9.17) is 0 Å². The van der Waals surface area contributed by atoms with Crippen LogP contribution in [0.3, 0.4) is 0 Å². The molecule has 0 aliphatic carbocycles. The van der Waals surface area contributed by atoms with Crippen LogP contribution < -0.4 is 5.32 Å². The minimum absolute atomic E-state index is 0.432. The molecule has 1 aromatic rings. The number of piperazine rings is 1. The average Bonchev–Trinajstić information content (AvgIpc) is 2.83. The molecular weight excluding hydrogens is 226 g/mol. The Kier molecular flexibility index (Phi) is 4.74. The van der Waals surface area contributed by atoms with Crippen LogP contribution in [0, 0.1) is 0 Å². The van der Waals surface area contributed by atoms with Crippen LogP contribution in [0.1, 0.15) is 18.5 Å². The molecule has 0 spiro atoms. The lowest BCUT2D eigenvalue weighted by Crippen LogP contribution is -2.46. The molecule has 0 bridgehead atoms. The van der Waals surface area contributed by atoms with Crippen LogP contribution >= 0.6 is 0 Å². The van der Waals surface area contributed by atoms with Crippen LogP contribution in [0.15, 0.2) is 12.4 Å². The first kappa shape index (κ1) is 13.5. The Balaban J connectivity index is 1.78. The van der Waals surface area contributed by atoms with E-state index in [1.54, 1.807) is 0 Å². The molecular formula is C13H25N5. The third-order valence-corrected chi connectivity index (χ3v) is 3.85. The van der Waals surface area contributed by atoms with Gasteiger partial charge in [0.2, 0.25) is 0 Å². The molecule has 1 fully saturated rings. The fourth-order valence-corrected chi connectivity index (χ4v) is 2.34. The Morgan fingerprint density at radius 2 is 2.17 bits per heavy atom. The highest BCUT2D eigenvalue weighted by atomic mass is 15.3. The molecule has 0 amide bonds. The van der Waals surface area contributed by atoms with Crippen molar-refractivity contribution in [2.75, 3.05) is 46.3 Å². The number of rotatable bonds is 5. The molecule has 0 aromatic carbocycles. The number of aromatic nitrogens is 2. The number of hydrogen-bond acceptors (Lipinski definition) is 4. The molecule has 1 atom stereocenters. The molecule has 2 heterocycles. The van der Waals surface area contributed by atoms with E-state index in [2.05, 4.69) is 40.4 Å². The van der Waals surface area contributed by atoms with Crippen LogP contribution in [0.5, 0.6) is 0 Å². The third kappa shape index (κ3) is 3.54. The lowest BCUT2D eigenvalue weighted by atomic mass is 10.1. The molecule has 1 aliphatic rings. The summed E-state index contributed by atoms with van der Waals surface area (Å²) >= 11 is 0. The summed E-state index contributed by atoms with van der Waals surface area (Å²) in [4.78, 5) is 4.93. The standard InChI is InChI=1S/C13H25N5/c1-12(13-10-15-17(3)11-13)16(2)8-9-18-6-4-14-5-7-18/h10-12,14H,4-9H2,1-3H3. The number of likely N-dealkylation sites (N-methyl/N-ethyl adjacent to an activating group) is 1. The molecule has 0 radical (unpaired) electrons. The van der Waals surface area contributed by atoms with Crippen molar-refractivity contribution < 1.29 is 0 Å². The van der Waals surface area contributed by atoms with Gasteiger partial charge in [-0.3, -0.25) is 14.5 Å². The molecule has 1 saturated heterocycles. The minimum atomic E-state index is 0.432. The fraction of sp³-hybridized carbons (Fsp3) is 0.769. The second kappa shape index (κ2) is 6.31. The van der Waals surface area contributed by atoms with Crippen molar-refractivity contribution in [2.45, 2.75) is 13.0 Å². The van der Waals surface area contributed by atoms with Gasteiger partial charge in [-0.25, -0.2) is 0 Å². The van der Waals surface area contributed by atoms with Crippen LogP contribution in [-0.4, -0.2) is 65.9 Å². The van der Waals surface area contributed by atoms with E-state index in [0.29, 0.717) is 6.04 Å². The number of nitrogens with zero attached hydrogens (tertiary/aromatic N) is 4. The summed E-state index contributed by atoms with van der Waals surface area (Å²) in [5.41, 5.74) is 1.29. The summed E-state index contributed by atoms with van der Waals surface area (Å²) in [6.07, 6.45) is 4.07.